The Morgan fingerprint density at radius 3 is 2.67 bits per heavy atom. The molecule has 0 N–H and O–H groups in total. The molecule has 1 aliphatic heterocycles. The molecule has 1 amide bonds. The van der Waals surface area contributed by atoms with Gasteiger partial charge in [0.15, 0.2) is 0 Å². The fraction of sp³-hybridized carbons (Fsp3) is 0.867. The van der Waals surface area contributed by atoms with Gasteiger partial charge in [-0.25, -0.2) is 0 Å². The van der Waals surface area contributed by atoms with Gasteiger partial charge in [-0.1, -0.05) is 39.0 Å². The second-order valence-electron chi connectivity index (χ2n) is 6.00. The lowest BCUT2D eigenvalue weighted by Gasteiger charge is -2.31. The summed E-state index contributed by atoms with van der Waals surface area (Å²) in [5, 5.41) is 0. The lowest BCUT2D eigenvalue weighted by atomic mass is 9.86. The van der Waals surface area contributed by atoms with E-state index in [1.165, 1.54) is 32.1 Å². The van der Waals surface area contributed by atoms with E-state index in [2.05, 4.69) is 0 Å². The molecule has 0 aromatic heterocycles. The summed E-state index contributed by atoms with van der Waals surface area (Å²) in [5.74, 6) is 1.38. The van der Waals surface area contributed by atoms with Crippen molar-refractivity contribution in [2.75, 3.05) is 13.1 Å². The summed E-state index contributed by atoms with van der Waals surface area (Å²) in [6.45, 7) is 3.22. The molecule has 102 valence electrons. The SMILES string of the molecule is CC1CN(C(=O)CCC2CCCCC2)CCC1=O. The van der Waals surface area contributed by atoms with E-state index in [4.69, 9.17) is 0 Å². The highest BCUT2D eigenvalue weighted by molar-refractivity contribution is 5.85. The Labute approximate surface area is 110 Å². The zero-order valence-electron chi connectivity index (χ0n) is 11.5. The van der Waals surface area contributed by atoms with Crippen molar-refractivity contribution in [2.45, 2.75) is 58.3 Å². The smallest absolute Gasteiger partial charge is 0.222 e. The third-order valence-corrected chi connectivity index (χ3v) is 4.52. The van der Waals surface area contributed by atoms with Crippen LogP contribution in [0.5, 0.6) is 0 Å². The standard InChI is InChI=1S/C15H25NO2/c1-12-11-16(10-9-14(12)17)15(18)8-7-13-5-3-2-4-6-13/h12-13H,2-11H2,1H3. The third-order valence-electron chi connectivity index (χ3n) is 4.52. The lowest BCUT2D eigenvalue weighted by Crippen LogP contribution is -2.43. The van der Waals surface area contributed by atoms with Crippen molar-refractivity contribution < 1.29 is 9.59 Å². The van der Waals surface area contributed by atoms with Gasteiger partial charge in [-0.2, -0.15) is 0 Å². The topological polar surface area (TPSA) is 37.4 Å². The van der Waals surface area contributed by atoms with E-state index >= 15 is 0 Å². The lowest BCUT2D eigenvalue weighted by molar-refractivity contribution is -0.137. The van der Waals surface area contributed by atoms with Gasteiger partial charge in [0.25, 0.3) is 0 Å². The van der Waals surface area contributed by atoms with Crippen LogP contribution in [-0.4, -0.2) is 29.7 Å². The first kappa shape index (κ1) is 13.6. The normalized spacial score (nSPS) is 26.4. The maximum Gasteiger partial charge on any atom is 0.222 e. The number of Topliss-reactive ketones (excluding diaryl/α,β-unsaturated/α-hetero) is 1. The zero-order valence-corrected chi connectivity index (χ0v) is 11.5. The van der Waals surface area contributed by atoms with E-state index in [9.17, 15) is 9.59 Å². The predicted octanol–water partition coefficient (Wildman–Crippen LogP) is 2.78. The number of carbonyl (C=O) groups excluding carboxylic acids is 2. The third kappa shape index (κ3) is 3.56. The Morgan fingerprint density at radius 2 is 2.00 bits per heavy atom. The first-order valence-corrected chi connectivity index (χ1v) is 7.47. The number of hydrogen-bond donors (Lipinski definition) is 0. The van der Waals surface area contributed by atoms with E-state index in [0.717, 1.165) is 12.3 Å². The maximum atomic E-state index is 12.1. The quantitative estimate of drug-likeness (QED) is 0.773. The van der Waals surface area contributed by atoms with Gasteiger partial charge in [0.05, 0.1) is 0 Å². The molecule has 0 radical (unpaired) electrons. The Bertz CT molecular complexity index is 308. The van der Waals surface area contributed by atoms with Gasteiger partial charge >= 0.3 is 0 Å². The van der Waals surface area contributed by atoms with Crippen LogP contribution in [0.3, 0.4) is 0 Å². The van der Waals surface area contributed by atoms with Crippen LogP contribution in [-0.2, 0) is 9.59 Å². The van der Waals surface area contributed by atoms with Gasteiger partial charge in [0.1, 0.15) is 5.78 Å². The minimum Gasteiger partial charge on any atom is -0.342 e. The van der Waals surface area contributed by atoms with Crippen molar-refractivity contribution in [3.8, 4) is 0 Å². The van der Waals surface area contributed by atoms with Gasteiger partial charge in [0, 0.05) is 31.8 Å². The van der Waals surface area contributed by atoms with Crippen LogP contribution in [0.1, 0.15) is 58.3 Å². The Hall–Kier alpha value is -0.860. The van der Waals surface area contributed by atoms with E-state index in [1.54, 1.807) is 0 Å². The molecule has 1 aliphatic carbocycles. The number of rotatable bonds is 3. The number of ketones is 1. The number of piperidine rings is 1. The van der Waals surface area contributed by atoms with Crippen molar-refractivity contribution >= 4 is 11.7 Å². The summed E-state index contributed by atoms with van der Waals surface area (Å²) >= 11 is 0. The average Bonchev–Trinajstić information content (AvgIpc) is 2.40. The zero-order chi connectivity index (χ0) is 13.0. The molecule has 0 aromatic rings. The van der Waals surface area contributed by atoms with Gasteiger partial charge in [-0.05, 0) is 12.3 Å². The van der Waals surface area contributed by atoms with E-state index in [1.807, 2.05) is 11.8 Å². The summed E-state index contributed by atoms with van der Waals surface area (Å²) in [5.41, 5.74) is 0. The number of nitrogens with zero attached hydrogens (tertiary/aromatic N) is 1. The summed E-state index contributed by atoms with van der Waals surface area (Å²) in [6, 6.07) is 0. The highest BCUT2D eigenvalue weighted by atomic mass is 16.2. The first-order valence-electron chi connectivity index (χ1n) is 7.47. The molecule has 1 atom stereocenters. The van der Waals surface area contributed by atoms with E-state index in [-0.39, 0.29) is 11.8 Å². The van der Waals surface area contributed by atoms with Crippen LogP contribution in [0.15, 0.2) is 0 Å². The number of hydrogen-bond acceptors (Lipinski definition) is 2. The molecule has 1 saturated carbocycles. The fourth-order valence-corrected chi connectivity index (χ4v) is 3.20. The van der Waals surface area contributed by atoms with Crippen LogP contribution in [0, 0.1) is 11.8 Å². The Balaban J connectivity index is 1.72. The van der Waals surface area contributed by atoms with E-state index in [0.29, 0.717) is 31.7 Å². The molecule has 1 heterocycles. The molecular formula is C15H25NO2. The molecule has 0 bridgehead atoms. The molecule has 0 aromatic carbocycles. The second kappa shape index (κ2) is 6.35. The van der Waals surface area contributed by atoms with Crippen molar-refractivity contribution in [2.24, 2.45) is 11.8 Å². The van der Waals surface area contributed by atoms with Crippen LogP contribution in [0.4, 0.5) is 0 Å². The molecule has 3 nitrogen and oxygen atoms in total. The molecule has 18 heavy (non-hydrogen) atoms. The second-order valence-corrected chi connectivity index (χ2v) is 6.00. The number of amides is 1. The fourth-order valence-electron chi connectivity index (χ4n) is 3.20. The molecule has 1 unspecified atom stereocenters. The minimum atomic E-state index is 0.0392. The van der Waals surface area contributed by atoms with Crippen LogP contribution >= 0.6 is 0 Å². The van der Waals surface area contributed by atoms with Crippen LogP contribution in [0.25, 0.3) is 0 Å². The molecule has 3 heteroatoms. The Kier molecular flexibility index (Phi) is 4.79. The largest absolute Gasteiger partial charge is 0.342 e. The summed E-state index contributed by atoms with van der Waals surface area (Å²) in [7, 11) is 0. The van der Waals surface area contributed by atoms with Crippen LogP contribution < -0.4 is 0 Å². The number of carbonyl (C=O) groups is 2. The monoisotopic (exact) mass is 251 g/mol. The highest BCUT2D eigenvalue weighted by Crippen LogP contribution is 2.27. The molecule has 2 aliphatic rings. The average molecular weight is 251 g/mol. The van der Waals surface area contributed by atoms with Gasteiger partial charge in [0.2, 0.25) is 5.91 Å². The maximum absolute atomic E-state index is 12.1. The van der Waals surface area contributed by atoms with Crippen molar-refractivity contribution in [3.63, 3.8) is 0 Å². The minimum absolute atomic E-state index is 0.0392. The molecule has 2 rings (SSSR count). The molecule has 1 saturated heterocycles. The van der Waals surface area contributed by atoms with Gasteiger partial charge in [-0.15, -0.1) is 0 Å². The van der Waals surface area contributed by atoms with Crippen molar-refractivity contribution in [3.05, 3.63) is 0 Å². The van der Waals surface area contributed by atoms with Crippen molar-refractivity contribution in [1.82, 2.24) is 4.90 Å². The summed E-state index contributed by atoms with van der Waals surface area (Å²) < 4.78 is 0. The highest BCUT2D eigenvalue weighted by Gasteiger charge is 2.26. The molecule has 2 fully saturated rings. The predicted molar refractivity (Wildman–Crippen MR) is 71.2 cm³/mol. The van der Waals surface area contributed by atoms with Gasteiger partial charge < -0.3 is 4.90 Å². The first-order chi connectivity index (χ1) is 8.66. The number of likely N-dealkylation sites (tertiary alicyclic amines) is 1. The van der Waals surface area contributed by atoms with Crippen molar-refractivity contribution in [1.29, 1.82) is 0 Å². The summed E-state index contributed by atoms with van der Waals surface area (Å²) in [4.78, 5) is 25.4. The molecule has 0 spiro atoms. The summed E-state index contributed by atoms with van der Waals surface area (Å²) in [6.07, 6.45) is 8.96. The van der Waals surface area contributed by atoms with Gasteiger partial charge in [-0.3, -0.25) is 9.59 Å². The molecular weight excluding hydrogens is 226 g/mol. The Morgan fingerprint density at radius 1 is 1.28 bits per heavy atom. The van der Waals surface area contributed by atoms with Crippen LogP contribution in [0.2, 0.25) is 0 Å². The van der Waals surface area contributed by atoms with E-state index < -0.39 is 0 Å².